The summed E-state index contributed by atoms with van der Waals surface area (Å²) in [5, 5.41) is 10.4. The van der Waals surface area contributed by atoms with Gasteiger partial charge in [-0.15, -0.1) is 0 Å². The van der Waals surface area contributed by atoms with Crippen LogP contribution < -0.4 is 0 Å². The van der Waals surface area contributed by atoms with Crippen LogP contribution in [0, 0.1) is 0 Å². The fourth-order valence-corrected chi connectivity index (χ4v) is 2.91. The van der Waals surface area contributed by atoms with Crippen molar-refractivity contribution in [2.75, 3.05) is 0 Å². The molecule has 0 radical (unpaired) electrons. The van der Waals surface area contributed by atoms with Crippen molar-refractivity contribution >= 4 is 23.7 Å². The van der Waals surface area contributed by atoms with Gasteiger partial charge in [-0.3, -0.25) is 4.99 Å². The molecule has 0 heterocycles. The van der Waals surface area contributed by atoms with Crippen LogP contribution in [-0.4, -0.2) is 11.3 Å². The zero-order valence-electron chi connectivity index (χ0n) is 11.9. The molecule has 3 heteroatoms. The molecule has 0 aliphatic rings. The number of aliphatic imine (C=N–C) groups is 1. The Kier molecular flexibility index (Phi) is 4.56. The lowest BCUT2D eigenvalue weighted by Crippen LogP contribution is -1.84. The highest BCUT2D eigenvalue weighted by Crippen LogP contribution is 2.35. The molecular formula is C19H15NOS. The highest BCUT2D eigenvalue weighted by Gasteiger charge is 2.06. The predicted octanol–water partition coefficient (Wildman–Crippen LogP) is 5.29. The summed E-state index contributed by atoms with van der Waals surface area (Å²) in [4.78, 5) is 6.31. The third kappa shape index (κ3) is 3.57. The molecule has 0 unspecified atom stereocenters. The van der Waals surface area contributed by atoms with Crippen molar-refractivity contribution < 1.29 is 5.11 Å². The van der Waals surface area contributed by atoms with Crippen LogP contribution in [-0.2, 0) is 0 Å². The predicted molar refractivity (Wildman–Crippen MR) is 92.4 cm³/mol. The van der Waals surface area contributed by atoms with E-state index in [0.29, 0.717) is 5.56 Å². The van der Waals surface area contributed by atoms with Gasteiger partial charge in [-0.2, -0.15) is 0 Å². The maximum absolute atomic E-state index is 10.4. The van der Waals surface area contributed by atoms with Gasteiger partial charge in [-0.05, 0) is 36.4 Å². The molecule has 0 bridgehead atoms. The van der Waals surface area contributed by atoms with Crippen LogP contribution in [0.2, 0.25) is 0 Å². The summed E-state index contributed by atoms with van der Waals surface area (Å²) in [6.45, 7) is 0. The highest BCUT2D eigenvalue weighted by molar-refractivity contribution is 7.99. The van der Waals surface area contributed by atoms with E-state index < -0.39 is 0 Å². The fraction of sp³-hybridized carbons (Fsp3) is 0. The van der Waals surface area contributed by atoms with Crippen molar-refractivity contribution in [1.82, 2.24) is 0 Å². The first-order valence-electron chi connectivity index (χ1n) is 6.97. The summed E-state index contributed by atoms with van der Waals surface area (Å²) < 4.78 is 0. The summed E-state index contributed by atoms with van der Waals surface area (Å²) in [7, 11) is 0. The molecular weight excluding hydrogens is 290 g/mol. The maximum Gasteiger partial charge on any atom is 0.138 e. The van der Waals surface area contributed by atoms with E-state index in [2.05, 4.69) is 4.99 Å². The topological polar surface area (TPSA) is 32.6 Å². The Morgan fingerprint density at radius 3 is 2.18 bits per heavy atom. The number of benzene rings is 3. The van der Waals surface area contributed by atoms with Crippen LogP contribution in [0.4, 0.5) is 5.69 Å². The molecule has 22 heavy (non-hydrogen) atoms. The van der Waals surface area contributed by atoms with Crippen molar-refractivity contribution in [2.45, 2.75) is 9.79 Å². The van der Waals surface area contributed by atoms with E-state index in [1.165, 1.54) is 11.8 Å². The molecule has 2 nitrogen and oxygen atoms in total. The smallest absolute Gasteiger partial charge is 0.138 e. The molecule has 1 N–H and O–H groups in total. The Hall–Kier alpha value is -2.52. The van der Waals surface area contributed by atoms with Gasteiger partial charge in [0.2, 0.25) is 0 Å². The number of phenolic OH excluding ortho intramolecular Hbond substituents is 1. The monoisotopic (exact) mass is 305 g/mol. The number of hydrogen-bond donors (Lipinski definition) is 1. The van der Waals surface area contributed by atoms with Gasteiger partial charge in [-0.1, -0.05) is 54.2 Å². The first kappa shape index (κ1) is 14.4. The molecule has 0 spiro atoms. The summed E-state index contributed by atoms with van der Waals surface area (Å²) in [5.41, 5.74) is 1.58. The second-order valence-electron chi connectivity index (χ2n) is 4.70. The standard InChI is InChI=1S/C19H15NOS/c21-19-15(14-20-16-9-3-1-4-10-16)8-7-13-18(19)22-17-11-5-2-6-12-17/h1-14,21H/b20-14+. The van der Waals surface area contributed by atoms with Crippen LogP contribution in [0.5, 0.6) is 5.75 Å². The van der Waals surface area contributed by atoms with Gasteiger partial charge in [0.1, 0.15) is 5.75 Å². The summed E-state index contributed by atoms with van der Waals surface area (Å²) in [6, 6.07) is 25.4. The van der Waals surface area contributed by atoms with Crippen molar-refractivity contribution in [3.63, 3.8) is 0 Å². The van der Waals surface area contributed by atoms with Crippen LogP contribution in [0.15, 0.2) is 93.6 Å². The minimum atomic E-state index is 0.260. The molecule has 0 fully saturated rings. The number of para-hydroxylation sites is 2. The minimum Gasteiger partial charge on any atom is -0.506 e. The van der Waals surface area contributed by atoms with Crippen molar-refractivity contribution in [3.8, 4) is 5.75 Å². The zero-order chi connectivity index (χ0) is 15.2. The number of hydrogen-bond acceptors (Lipinski definition) is 3. The molecule has 0 saturated heterocycles. The average molecular weight is 305 g/mol. The van der Waals surface area contributed by atoms with Crippen molar-refractivity contribution in [2.24, 2.45) is 4.99 Å². The second-order valence-corrected chi connectivity index (χ2v) is 5.82. The SMILES string of the molecule is Oc1c(/C=N/c2ccccc2)cccc1Sc1ccccc1. The lowest BCUT2D eigenvalue weighted by molar-refractivity contribution is 0.461. The molecule has 0 aliphatic heterocycles. The zero-order valence-corrected chi connectivity index (χ0v) is 12.7. The van der Waals surface area contributed by atoms with Gasteiger partial charge in [0.05, 0.1) is 10.6 Å². The van der Waals surface area contributed by atoms with E-state index in [-0.39, 0.29) is 5.75 Å². The summed E-state index contributed by atoms with van der Waals surface area (Å²) in [5.74, 6) is 0.260. The molecule has 0 atom stereocenters. The van der Waals surface area contributed by atoms with Gasteiger partial charge in [-0.25, -0.2) is 0 Å². The lowest BCUT2D eigenvalue weighted by Gasteiger charge is -2.06. The van der Waals surface area contributed by atoms with Crippen molar-refractivity contribution in [1.29, 1.82) is 0 Å². The van der Waals surface area contributed by atoms with Gasteiger partial charge in [0.25, 0.3) is 0 Å². The number of aromatic hydroxyl groups is 1. The second kappa shape index (κ2) is 6.96. The maximum atomic E-state index is 10.4. The van der Waals surface area contributed by atoms with Gasteiger partial charge in [0.15, 0.2) is 0 Å². The van der Waals surface area contributed by atoms with E-state index in [0.717, 1.165) is 15.5 Å². The van der Waals surface area contributed by atoms with Gasteiger partial charge in [0, 0.05) is 16.7 Å². The third-order valence-electron chi connectivity index (χ3n) is 3.11. The summed E-state index contributed by atoms with van der Waals surface area (Å²) in [6.07, 6.45) is 1.69. The largest absolute Gasteiger partial charge is 0.506 e. The molecule has 3 aromatic carbocycles. The molecule has 0 saturated carbocycles. The Balaban J connectivity index is 1.84. The number of rotatable bonds is 4. The molecule has 0 aliphatic carbocycles. The van der Waals surface area contributed by atoms with Crippen molar-refractivity contribution in [3.05, 3.63) is 84.4 Å². The Morgan fingerprint density at radius 1 is 0.773 bits per heavy atom. The molecule has 3 rings (SSSR count). The van der Waals surface area contributed by atoms with E-state index in [1.807, 2.05) is 78.9 Å². The molecule has 0 amide bonds. The summed E-state index contributed by atoms with van der Waals surface area (Å²) >= 11 is 1.54. The van der Waals surface area contributed by atoms with Gasteiger partial charge < -0.3 is 5.11 Å². The van der Waals surface area contributed by atoms with E-state index >= 15 is 0 Å². The highest BCUT2D eigenvalue weighted by atomic mass is 32.2. The molecule has 0 aromatic heterocycles. The normalized spacial score (nSPS) is 10.9. The van der Waals surface area contributed by atoms with E-state index in [4.69, 9.17) is 0 Å². The Bertz CT molecular complexity index is 770. The first-order valence-corrected chi connectivity index (χ1v) is 7.78. The fourth-order valence-electron chi connectivity index (χ4n) is 2.00. The molecule has 108 valence electrons. The molecule has 3 aromatic rings. The first-order chi connectivity index (χ1) is 10.8. The van der Waals surface area contributed by atoms with Gasteiger partial charge >= 0.3 is 0 Å². The van der Waals surface area contributed by atoms with E-state index in [9.17, 15) is 5.11 Å². The number of nitrogens with zero attached hydrogens (tertiary/aromatic N) is 1. The number of phenols is 1. The Labute approximate surface area is 134 Å². The lowest BCUT2D eigenvalue weighted by atomic mass is 10.2. The average Bonchev–Trinajstić information content (AvgIpc) is 2.58. The van der Waals surface area contributed by atoms with Crippen LogP contribution >= 0.6 is 11.8 Å². The van der Waals surface area contributed by atoms with Crippen LogP contribution in [0.1, 0.15) is 5.56 Å². The van der Waals surface area contributed by atoms with Crippen LogP contribution in [0.25, 0.3) is 0 Å². The van der Waals surface area contributed by atoms with Crippen LogP contribution in [0.3, 0.4) is 0 Å². The Morgan fingerprint density at radius 2 is 1.45 bits per heavy atom. The quantitative estimate of drug-likeness (QED) is 0.664. The van der Waals surface area contributed by atoms with E-state index in [1.54, 1.807) is 6.21 Å². The third-order valence-corrected chi connectivity index (χ3v) is 4.17. The minimum absolute atomic E-state index is 0.260.